The summed E-state index contributed by atoms with van der Waals surface area (Å²) < 4.78 is 0. The Morgan fingerprint density at radius 3 is 0.517 bits per heavy atom. The third-order valence-corrected chi connectivity index (χ3v) is 15.5. The predicted octanol–water partition coefficient (Wildman–Crippen LogP) is -2.20. The summed E-state index contributed by atoms with van der Waals surface area (Å²) in [5.74, 6) is -14.4. The van der Waals surface area contributed by atoms with Crippen molar-refractivity contribution in [2.45, 2.75) is 0 Å². The Bertz CT molecular complexity index is 2390. The molecule has 0 saturated carbocycles. The number of phenolic OH excluding ortho intramolecular Hbond substituents is 1. The topological polar surface area (TPSA) is 487 Å². The van der Waals surface area contributed by atoms with Gasteiger partial charge in [0, 0.05) is 56.3 Å². The van der Waals surface area contributed by atoms with Crippen molar-refractivity contribution in [3.05, 3.63) is 115 Å². The van der Waals surface area contributed by atoms with Crippen LogP contribution in [-0.4, -0.2) is 285 Å². The third-order valence-electron chi connectivity index (χ3n) is 11.2. The van der Waals surface area contributed by atoms with Crippen molar-refractivity contribution in [2.75, 3.05) is 118 Å². The molecule has 4 rings (SSSR count). The Morgan fingerprint density at radius 1 is 0.241 bits per heavy atom. The molecule has 0 aliphatic heterocycles. The predicted molar refractivity (Wildman–Crippen MR) is 303 cm³/mol. The summed E-state index contributed by atoms with van der Waals surface area (Å²) in [4.78, 5) is 133. The summed E-state index contributed by atoms with van der Waals surface area (Å²) in [6.45, 7) is -6.75. The largest absolute Gasteiger partial charge is 0.508 e. The van der Waals surface area contributed by atoms with Gasteiger partial charge < -0.3 is 66.4 Å². The second-order valence-electron chi connectivity index (χ2n) is 18.2. The second-order valence-corrected chi connectivity index (χ2v) is 21.6. The molecule has 0 bridgehead atoms. The summed E-state index contributed by atoms with van der Waals surface area (Å²) in [7, 11) is -2.04. The molecule has 0 atom stereocenters. The monoisotopic (exact) mass is 1290 g/mol. The van der Waals surface area contributed by atoms with Crippen molar-refractivity contribution in [1.82, 2.24) is 29.4 Å². The summed E-state index contributed by atoms with van der Waals surface area (Å²) in [6.07, 6.45) is 0. The first-order valence-electron chi connectivity index (χ1n) is 25.2. The molecule has 0 heterocycles. The number of aromatic hydroxyl groups is 1. The molecule has 476 valence electrons. The van der Waals surface area contributed by atoms with Crippen LogP contribution in [0.3, 0.4) is 0 Å². The molecule has 33 heteroatoms. The first-order valence-corrected chi connectivity index (χ1v) is 27.0. The van der Waals surface area contributed by atoms with Crippen LogP contribution in [-0.2, 0) is 74.6 Å². The average Bonchev–Trinajstić information content (AvgIpc) is 3.50. The quantitative estimate of drug-likeness (QED) is 0.0168. The molecule has 0 fully saturated rings. The van der Waals surface area contributed by atoms with E-state index >= 15 is 0 Å². The minimum Gasteiger partial charge on any atom is -0.508 e. The number of benzene rings is 4. The molecular weight excluding hydrogens is 1220 g/mol. The van der Waals surface area contributed by atoms with E-state index in [1.54, 1.807) is 12.1 Å². The van der Waals surface area contributed by atoms with Crippen LogP contribution >= 0.6 is 7.26 Å². The van der Waals surface area contributed by atoms with E-state index in [1.807, 2.05) is 0 Å². The molecule has 4 aromatic carbocycles. The zero-order valence-corrected chi connectivity index (χ0v) is 48.4. The molecule has 0 aromatic heterocycles. The van der Waals surface area contributed by atoms with Gasteiger partial charge in [0.25, 0.3) is 0 Å². The first-order chi connectivity index (χ1) is 40.4. The van der Waals surface area contributed by atoms with Gasteiger partial charge in [0.15, 0.2) is 0 Å². The Labute approximate surface area is 507 Å². The average molecular weight is 1290 g/mol. The molecule has 0 aliphatic carbocycles. The number of nitrogens with zero attached hydrogens (tertiary/aromatic N) is 6. The van der Waals surface area contributed by atoms with E-state index in [1.165, 1.54) is 21.2 Å². The fourth-order valence-electron chi connectivity index (χ4n) is 7.95. The van der Waals surface area contributed by atoms with Crippen molar-refractivity contribution >= 4 is 100 Å². The number of phenols is 1. The van der Waals surface area contributed by atoms with E-state index < -0.39 is 157 Å². The van der Waals surface area contributed by atoms with Gasteiger partial charge in [-0.25, -0.2) is 0 Å². The van der Waals surface area contributed by atoms with E-state index in [-0.39, 0.29) is 56.3 Å². The van der Waals surface area contributed by atoms with E-state index in [0.717, 1.165) is 29.4 Å². The zero-order chi connectivity index (χ0) is 64.9. The minimum atomic E-state index is -2.04. The number of hydrogen-bond donors (Lipinski definition) is 13. The van der Waals surface area contributed by atoms with Crippen LogP contribution in [0, 0.1) is 0 Å². The van der Waals surface area contributed by atoms with E-state index in [9.17, 15) is 62.6 Å². The number of carboxylic acids is 12. The fourth-order valence-corrected chi connectivity index (χ4v) is 12.2. The van der Waals surface area contributed by atoms with Crippen LogP contribution in [0.25, 0.3) is 0 Å². The Balaban J connectivity index is 0.00000114. The molecule has 0 radical (unpaired) electrons. The van der Waals surface area contributed by atoms with Gasteiger partial charge in [0.1, 0.15) is 34.2 Å². The molecule has 0 spiro atoms. The van der Waals surface area contributed by atoms with Gasteiger partial charge >= 0.3 is 71.6 Å². The molecule has 0 unspecified atom stereocenters. The molecule has 0 aliphatic rings. The maximum absolute atomic E-state index is 10.6. The summed E-state index contributed by atoms with van der Waals surface area (Å²) in [5.41, 5.74) is 0. The molecule has 4 aromatic rings. The number of hydrogen-bond acceptors (Lipinski definition) is 19. The van der Waals surface area contributed by atoms with Gasteiger partial charge in [-0.15, -0.1) is 0 Å². The van der Waals surface area contributed by atoms with Gasteiger partial charge in [0.2, 0.25) is 0 Å². The van der Waals surface area contributed by atoms with Crippen molar-refractivity contribution in [3.8, 4) is 5.75 Å². The Morgan fingerprint density at radius 2 is 0.379 bits per heavy atom. The summed E-state index contributed by atoms with van der Waals surface area (Å²) in [5, 5.41) is 118. The number of carbonyl (C=O) groups is 12. The van der Waals surface area contributed by atoms with E-state index in [0.29, 0.717) is 5.75 Å². The summed E-state index contributed by atoms with van der Waals surface area (Å²) in [6, 6.07) is 39.9. The third kappa shape index (κ3) is 34.6. The van der Waals surface area contributed by atoms with Crippen LogP contribution in [0.2, 0.25) is 0 Å². The zero-order valence-electron chi connectivity index (χ0n) is 46.4. The maximum atomic E-state index is 10.6. The number of rotatable bonds is 37. The van der Waals surface area contributed by atoms with Gasteiger partial charge in [0.05, 0.1) is 78.5 Å². The van der Waals surface area contributed by atoms with Crippen molar-refractivity contribution < 1.29 is 141 Å². The Hall–Kier alpha value is -8.97. The van der Waals surface area contributed by atoms with E-state index in [2.05, 4.69) is 103 Å². The van der Waals surface area contributed by atoms with Gasteiger partial charge in [-0.1, -0.05) is 54.6 Å². The number of aliphatic carboxylic acids is 12. The van der Waals surface area contributed by atoms with Gasteiger partial charge in [-0.3, -0.25) is 86.9 Å². The van der Waals surface area contributed by atoms with Crippen LogP contribution in [0.1, 0.15) is 0 Å². The SMILES string of the molecule is O=C(O)CN(CCN(CC(=O)O)CC(=O)O)CC(=O)O.O=C(O)CN(CCN(CC(=O)O)CC(=O)O)CC(=O)O.O=C(O)CN(CCN(CC(=O)O)CC(=O)O)CC(=O)O.Oc1ccc([P+](c2ccccc2)(c2ccccc2)c2ccccc2)cc1.[Fe]. The second kappa shape index (κ2) is 41.9. The normalized spacial score (nSPS) is 10.7. The standard InChI is InChI=1S/C24H19OP.3C10H16N2O8.Fe/c25-20-16-18-24(19-17-20)26(21-10-4-1-5-11-21,22-12-6-2-7-13-22)23-14-8-3-9-15-23;3*13-7(14)3-11(4-8(15)16)1-2-12(5-9(17)18)6-10(19)20;/h1-19H;3*1-6H2,(H,13,14)(H,15,16)(H,17,18)(H,19,20);/p+1. The smallest absolute Gasteiger partial charge is 0.317 e. The maximum Gasteiger partial charge on any atom is 0.317 e. The molecule has 0 saturated heterocycles. The number of carboxylic acid groups (broad SMARTS) is 12. The van der Waals surface area contributed by atoms with Gasteiger partial charge in [-0.2, -0.15) is 0 Å². The van der Waals surface area contributed by atoms with Crippen LogP contribution in [0.4, 0.5) is 0 Å². The molecular formula is C54H68FeN6O25P+. The fraction of sp³-hybridized carbons (Fsp3) is 0.333. The summed E-state index contributed by atoms with van der Waals surface area (Å²) >= 11 is 0. The molecule has 87 heavy (non-hydrogen) atoms. The minimum absolute atomic E-state index is 0. The Kier molecular flexibility index (Phi) is 37.6. The molecule has 0 amide bonds. The van der Waals surface area contributed by atoms with Crippen LogP contribution in [0.5, 0.6) is 5.75 Å². The molecule has 13 N–H and O–H groups in total. The first kappa shape index (κ1) is 78.0. The van der Waals surface area contributed by atoms with Gasteiger partial charge in [-0.05, 0) is 60.7 Å². The van der Waals surface area contributed by atoms with E-state index in [4.69, 9.17) is 61.3 Å². The van der Waals surface area contributed by atoms with Crippen LogP contribution in [0.15, 0.2) is 115 Å². The van der Waals surface area contributed by atoms with Crippen molar-refractivity contribution in [3.63, 3.8) is 0 Å². The van der Waals surface area contributed by atoms with Crippen molar-refractivity contribution in [1.29, 1.82) is 0 Å². The van der Waals surface area contributed by atoms with Crippen molar-refractivity contribution in [2.24, 2.45) is 0 Å². The van der Waals surface area contributed by atoms with Crippen LogP contribution < -0.4 is 21.2 Å². The molecule has 31 nitrogen and oxygen atoms in total.